The summed E-state index contributed by atoms with van der Waals surface area (Å²) in [5, 5.41) is -1.17. The molecule has 0 saturated heterocycles. The van der Waals surface area contributed by atoms with Crippen molar-refractivity contribution in [1.82, 2.24) is 4.90 Å². The van der Waals surface area contributed by atoms with E-state index in [4.69, 9.17) is 16.3 Å². The number of hydrogen-bond acceptors (Lipinski definition) is 3. The fourth-order valence-corrected chi connectivity index (χ4v) is 2.73. The molecule has 0 bridgehead atoms. The van der Waals surface area contributed by atoms with E-state index in [0.29, 0.717) is 5.56 Å². The highest BCUT2D eigenvalue weighted by Crippen LogP contribution is 2.18. The number of benzene rings is 2. The van der Waals surface area contributed by atoms with Gasteiger partial charge in [0.2, 0.25) is 5.90 Å². The van der Waals surface area contributed by atoms with Crippen LogP contribution in [-0.2, 0) is 22.7 Å². The van der Waals surface area contributed by atoms with Crippen LogP contribution < -0.4 is 0 Å². The fourth-order valence-electron chi connectivity index (χ4n) is 2.46. The highest BCUT2D eigenvalue weighted by molar-refractivity contribution is 6.41. The van der Waals surface area contributed by atoms with E-state index in [1.165, 1.54) is 23.1 Å². The quantitative estimate of drug-likeness (QED) is 0.758. The molecular weight excluding hydrogens is 369 g/mol. The molecule has 0 saturated carbocycles. The maximum atomic E-state index is 13.6. The van der Waals surface area contributed by atoms with E-state index in [2.05, 4.69) is 4.99 Å². The van der Waals surface area contributed by atoms with Crippen LogP contribution in [0, 0.1) is 17.5 Å². The largest absolute Gasteiger partial charge is 0.475 e. The van der Waals surface area contributed by atoms with Gasteiger partial charge in [0, 0.05) is 18.2 Å². The van der Waals surface area contributed by atoms with E-state index in [1.54, 1.807) is 12.1 Å². The van der Waals surface area contributed by atoms with Gasteiger partial charge in [0.1, 0.15) is 30.7 Å². The van der Waals surface area contributed by atoms with E-state index < -0.39 is 28.7 Å². The molecule has 2 aromatic rings. The maximum absolute atomic E-state index is 13.6. The number of amides is 1. The van der Waals surface area contributed by atoms with Crippen molar-refractivity contribution in [2.45, 2.75) is 18.5 Å². The van der Waals surface area contributed by atoms with Gasteiger partial charge in [-0.1, -0.05) is 12.1 Å². The smallest absolute Gasteiger partial charge is 0.251 e. The van der Waals surface area contributed by atoms with Crippen molar-refractivity contribution in [3.8, 4) is 0 Å². The summed E-state index contributed by atoms with van der Waals surface area (Å²) >= 11 is 6.08. The minimum absolute atomic E-state index is 0.0141. The summed E-state index contributed by atoms with van der Waals surface area (Å²) in [5.41, 5.74) is 0.725. The molecule has 26 heavy (non-hydrogen) atoms. The van der Waals surface area contributed by atoms with Crippen molar-refractivity contribution in [1.29, 1.82) is 0 Å². The minimum Gasteiger partial charge on any atom is -0.475 e. The normalized spacial score (nSPS) is 17.2. The second-order valence-electron chi connectivity index (χ2n) is 5.69. The Morgan fingerprint density at radius 2 is 1.92 bits per heavy atom. The van der Waals surface area contributed by atoms with Gasteiger partial charge in [-0.2, -0.15) is 0 Å². The number of nitrogens with zero attached hydrogens (tertiary/aromatic N) is 2. The molecule has 1 amide bonds. The van der Waals surface area contributed by atoms with Gasteiger partial charge in [-0.05, 0) is 29.8 Å². The predicted molar refractivity (Wildman–Crippen MR) is 90.0 cm³/mol. The molecule has 1 unspecified atom stereocenters. The van der Waals surface area contributed by atoms with E-state index in [0.717, 1.165) is 12.1 Å². The number of halogens is 4. The van der Waals surface area contributed by atoms with Crippen molar-refractivity contribution >= 4 is 23.4 Å². The summed E-state index contributed by atoms with van der Waals surface area (Å²) in [6.45, 7) is -0.0890. The Bertz CT molecular complexity index is 860. The van der Waals surface area contributed by atoms with Crippen molar-refractivity contribution in [3.63, 3.8) is 0 Å². The van der Waals surface area contributed by atoms with Gasteiger partial charge in [0.25, 0.3) is 5.91 Å². The van der Waals surface area contributed by atoms with Crippen LogP contribution in [0.2, 0.25) is 0 Å². The third-order valence-corrected chi connectivity index (χ3v) is 4.17. The molecule has 1 aliphatic rings. The van der Waals surface area contributed by atoms with Gasteiger partial charge in [0.05, 0.1) is 0 Å². The van der Waals surface area contributed by atoms with Gasteiger partial charge in [-0.25, -0.2) is 18.2 Å². The number of carbonyl (C=O) groups excluding carboxylic acids is 1. The summed E-state index contributed by atoms with van der Waals surface area (Å²) in [6.07, 6.45) is 0. The lowest BCUT2D eigenvalue weighted by molar-refractivity contribution is -0.131. The second-order valence-corrected chi connectivity index (χ2v) is 6.13. The molecular formula is C18H14ClF3N2O2. The van der Waals surface area contributed by atoms with Crippen molar-refractivity contribution in [2.75, 3.05) is 6.67 Å². The maximum Gasteiger partial charge on any atom is 0.251 e. The van der Waals surface area contributed by atoms with E-state index >= 15 is 0 Å². The number of ether oxygens (including phenoxy) is 1. The lowest BCUT2D eigenvalue weighted by Crippen LogP contribution is -2.45. The van der Waals surface area contributed by atoms with Crippen LogP contribution in [0.3, 0.4) is 0 Å². The second kappa shape index (κ2) is 7.78. The first-order valence-corrected chi connectivity index (χ1v) is 8.16. The zero-order valence-electron chi connectivity index (χ0n) is 13.5. The Morgan fingerprint density at radius 1 is 1.15 bits per heavy atom. The van der Waals surface area contributed by atoms with E-state index in [1.807, 2.05) is 0 Å². The molecule has 3 rings (SSSR count). The number of rotatable bonds is 4. The number of hydrogen-bond donors (Lipinski definition) is 0. The average molecular weight is 383 g/mol. The molecule has 2 aromatic carbocycles. The van der Waals surface area contributed by atoms with E-state index in [9.17, 15) is 18.0 Å². The minimum atomic E-state index is -1.17. The van der Waals surface area contributed by atoms with Crippen LogP contribution in [0.1, 0.15) is 11.1 Å². The predicted octanol–water partition coefficient (Wildman–Crippen LogP) is 3.63. The zero-order valence-corrected chi connectivity index (χ0v) is 14.2. The molecule has 136 valence electrons. The summed E-state index contributed by atoms with van der Waals surface area (Å²) in [6, 6.07) is 8.96. The Morgan fingerprint density at radius 3 is 2.65 bits per heavy atom. The first-order valence-electron chi connectivity index (χ1n) is 7.72. The summed E-state index contributed by atoms with van der Waals surface area (Å²) < 4.78 is 45.1. The summed E-state index contributed by atoms with van der Waals surface area (Å²) in [5.74, 6) is -2.33. The first-order chi connectivity index (χ1) is 12.4. The number of alkyl halides is 1. The molecule has 4 nitrogen and oxygen atoms in total. The van der Waals surface area contributed by atoms with Gasteiger partial charge in [-0.15, -0.1) is 11.6 Å². The lowest BCUT2D eigenvalue weighted by Gasteiger charge is -2.28. The van der Waals surface area contributed by atoms with Crippen LogP contribution in [0.4, 0.5) is 13.2 Å². The Labute approximate surface area is 152 Å². The fraction of sp³-hybridized carbons (Fsp3) is 0.222. The molecule has 0 radical (unpaired) electrons. The SMILES string of the molecule is O=C1C(Cl)C(OCc2ccc(F)cc2F)=NCN1Cc1cccc(F)c1. The zero-order chi connectivity index (χ0) is 18.7. The molecule has 1 aliphatic heterocycles. The average Bonchev–Trinajstić information content (AvgIpc) is 2.60. The lowest BCUT2D eigenvalue weighted by atomic mass is 10.2. The molecule has 0 fully saturated rings. The van der Waals surface area contributed by atoms with Crippen LogP contribution in [0.5, 0.6) is 0 Å². The van der Waals surface area contributed by atoms with Crippen molar-refractivity contribution in [2.24, 2.45) is 4.99 Å². The molecule has 1 atom stereocenters. The highest BCUT2D eigenvalue weighted by atomic mass is 35.5. The topological polar surface area (TPSA) is 41.9 Å². The Kier molecular flexibility index (Phi) is 5.46. The highest BCUT2D eigenvalue weighted by Gasteiger charge is 2.32. The standard InChI is InChI=1S/C18H14ClF3N2O2/c19-16-17(26-9-12-4-5-14(21)7-15(12)22)23-10-24(18(16)25)8-11-2-1-3-13(20)6-11/h1-7,16H,8-10H2. The molecule has 0 N–H and O–H groups in total. The molecule has 1 heterocycles. The van der Waals surface area contributed by atoms with Crippen LogP contribution in [0.15, 0.2) is 47.5 Å². The van der Waals surface area contributed by atoms with Crippen molar-refractivity contribution < 1.29 is 22.7 Å². The Balaban J connectivity index is 1.65. The van der Waals surface area contributed by atoms with Crippen LogP contribution >= 0.6 is 11.6 Å². The third-order valence-electron chi connectivity index (χ3n) is 3.80. The number of aliphatic imine (C=N–C) groups is 1. The van der Waals surface area contributed by atoms with Crippen LogP contribution in [0.25, 0.3) is 0 Å². The third kappa shape index (κ3) is 4.16. The van der Waals surface area contributed by atoms with Crippen LogP contribution in [-0.4, -0.2) is 28.8 Å². The monoisotopic (exact) mass is 382 g/mol. The van der Waals surface area contributed by atoms with Gasteiger partial charge >= 0.3 is 0 Å². The number of carbonyl (C=O) groups is 1. The molecule has 8 heteroatoms. The van der Waals surface area contributed by atoms with Gasteiger partial charge < -0.3 is 9.64 Å². The molecule has 0 aromatic heterocycles. The molecule has 0 aliphatic carbocycles. The summed E-state index contributed by atoms with van der Waals surface area (Å²) in [7, 11) is 0. The van der Waals surface area contributed by atoms with Crippen molar-refractivity contribution in [3.05, 3.63) is 71.0 Å². The van der Waals surface area contributed by atoms with E-state index in [-0.39, 0.29) is 31.3 Å². The molecule has 0 spiro atoms. The summed E-state index contributed by atoms with van der Waals surface area (Å²) in [4.78, 5) is 17.8. The van der Waals surface area contributed by atoms with Gasteiger partial charge in [0.15, 0.2) is 5.38 Å². The Hall–Kier alpha value is -2.54. The first kappa shape index (κ1) is 18.3. The van der Waals surface area contributed by atoms with Gasteiger partial charge in [-0.3, -0.25) is 4.79 Å².